The number of ether oxygens (including phenoxy) is 2. The van der Waals surface area contributed by atoms with Gasteiger partial charge in [0, 0.05) is 20.2 Å². The van der Waals surface area contributed by atoms with E-state index in [1.165, 1.54) is 0 Å². The van der Waals surface area contributed by atoms with Gasteiger partial charge in [-0.15, -0.1) is 0 Å². The number of aliphatic carboxylic acids is 1. The number of carbonyl (C=O) groups excluding carboxylic acids is 2. The number of guanidine groups is 1. The number of benzene rings is 2. The molecule has 3 rings (SSSR count). The number of aliphatic hydroxyl groups is 1. The zero-order valence-corrected chi connectivity index (χ0v) is 20.1. The average Bonchev–Trinajstić information content (AvgIpc) is 2.87. The predicted molar refractivity (Wildman–Crippen MR) is 132 cm³/mol. The summed E-state index contributed by atoms with van der Waals surface area (Å²) in [5, 5.41) is 23.8. The topological polar surface area (TPSA) is 159 Å². The van der Waals surface area contributed by atoms with Gasteiger partial charge in [0.15, 0.2) is 0 Å². The van der Waals surface area contributed by atoms with E-state index in [9.17, 15) is 14.4 Å². The van der Waals surface area contributed by atoms with Crippen molar-refractivity contribution in [1.82, 2.24) is 16.0 Å². The van der Waals surface area contributed by atoms with E-state index in [1.807, 2.05) is 60.7 Å². The zero-order valence-electron chi connectivity index (χ0n) is 20.1. The Kier molecular flexibility index (Phi) is 12.4. The maximum Gasteiger partial charge on any atom is 0.414 e. The molecule has 1 fully saturated rings. The molecular weight excluding hydrogens is 468 g/mol. The Balaban J connectivity index is 0.00000222. The Morgan fingerprint density at radius 2 is 1.42 bits per heavy atom. The highest BCUT2D eigenvalue weighted by atomic mass is 16.6. The van der Waals surface area contributed by atoms with E-state index in [0.717, 1.165) is 18.2 Å². The number of hydrogen-bond acceptors (Lipinski definition) is 8. The minimum Gasteiger partial charge on any atom is -0.480 e. The number of nitrogens with one attached hydrogen (secondary N) is 3. The van der Waals surface area contributed by atoms with Gasteiger partial charge in [0.05, 0.1) is 0 Å². The number of amides is 2. The molecule has 0 spiro atoms. The maximum absolute atomic E-state index is 12.2. The van der Waals surface area contributed by atoms with E-state index >= 15 is 0 Å². The van der Waals surface area contributed by atoms with E-state index in [1.54, 1.807) is 0 Å². The lowest BCUT2D eigenvalue weighted by Gasteiger charge is -2.34. The minimum absolute atomic E-state index is 0.0312. The molecule has 194 valence electrons. The second kappa shape index (κ2) is 15.8. The first-order chi connectivity index (χ1) is 17.5. The first-order valence-corrected chi connectivity index (χ1v) is 11.4. The Labute approximate surface area is 209 Å². The van der Waals surface area contributed by atoms with Crippen molar-refractivity contribution in [2.45, 2.75) is 32.1 Å². The van der Waals surface area contributed by atoms with Gasteiger partial charge in [0.2, 0.25) is 5.96 Å². The monoisotopic (exact) mass is 500 g/mol. The van der Waals surface area contributed by atoms with Crippen LogP contribution in [0.25, 0.3) is 0 Å². The molecule has 2 amide bonds. The van der Waals surface area contributed by atoms with Crippen molar-refractivity contribution < 1.29 is 34.1 Å². The molecule has 2 aromatic rings. The molecule has 2 aromatic carbocycles. The highest BCUT2D eigenvalue weighted by Crippen LogP contribution is 2.19. The number of alkyl carbamates (subject to hydrolysis) is 2. The molecule has 11 nitrogen and oxygen atoms in total. The number of carboxylic acid groups (broad SMARTS) is 1. The van der Waals surface area contributed by atoms with Crippen molar-refractivity contribution in [1.29, 1.82) is 0 Å². The fourth-order valence-corrected chi connectivity index (χ4v) is 3.33. The highest BCUT2D eigenvalue weighted by molar-refractivity contribution is 6.01. The van der Waals surface area contributed by atoms with Crippen molar-refractivity contribution in [2.75, 3.05) is 20.2 Å². The standard InChI is InChI=1S/C24H28N4O6.CH4O/c29-21(30)20-19(14-26-20)12-7-13-25-22(27-23(31)33-15-17-8-3-1-4-9-17)28-24(32)34-16-18-10-5-2-6-11-18;1-2/h1-6,8-11,19-20,26H,7,12-16H2,(H,29,30)(H2,25,27,28,31,32);2H,1H3/t19-,20?;/m0./s1. The van der Waals surface area contributed by atoms with Crippen molar-refractivity contribution in [2.24, 2.45) is 10.9 Å². The van der Waals surface area contributed by atoms with Gasteiger partial charge in [-0.2, -0.15) is 0 Å². The van der Waals surface area contributed by atoms with Crippen LogP contribution in [0, 0.1) is 5.92 Å². The van der Waals surface area contributed by atoms with Crippen molar-refractivity contribution >= 4 is 24.1 Å². The van der Waals surface area contributed by atoms with E-state index in [2.05, 4.69) is 20.9 Å². The fourth-order valence-electron chi connectivity index (χ4n) is 3.33. The number of nitrogens with zero attached hydrogens (tertiary/aromatic N) is 1. The predicted octanol–water partition coefficient (Wildman–Crippen LogP) is 2.26. The zero-order chi connectivity index (χ0) is 26.2. The molecule has 0 radical (unpaired) electrons. The summed E-state index contributed by atoms with van der Waals surface area (Å²) in [6.45, 7) is 1.03. The van der Waals surface area contributed by atoms with Crippen LogP contribution < -0.4 is 16.0 Å². The number of hydrogen-bond donors (Lipinski definition) is 5. The van der Waals surface area contributed by atoms with Crippen LogP contribution in [0.4, 0.5) is 9.59 Å². The van der Waals surface area contributed by atoms with E-state index in [-0.39, 0.29) is 31.6 Å². The van der Waals surface area contributed by atoms with Gasteiger partial charge < -0.3 is 25.0 Å². The number of rotatable bonds is 9. The lowest BCUT2D eigenvalue weighted by atomic mass is 9.87. The van der Waals surface area contributed by atoms with Gasteiger partial charge >= 0.3 is 18.2 Å². The van der Waals surface area contributed by atoms with Crippen molar-refractivity contribution in [3.8, 4) is 0 Å². The third kappa shape index (κ3) is 10.1. The van der Waals surface area contributed by atoms with Gasteiger partial charge in [-0.25, -0.2) is 9.59 Å². The molecular formula is C25H32N4O7. The van der Waals surface area contributed by atoms with Crippen LogP contribution in [0.15, 0.2) is 65.7 Å². The number of aliphatic imine (C=N–C) groups is 1. The molecule has 36 heavy (non-hydrogen) atoms. The Bertz CT molecular complexity index is 927. The summed E-state index contributed by atoms with van der Waals surface area (Å²) in [5.74, 6) is -0.938. The van der Waals surface area contributed by atoms with Crippen LogP contribution in [-0.2, 0) is 27.5 Å². The van der Waals surface area contributed by atoms with Gasteiger partial charge in [0.1, 0.15) is 19.3 Å². The van der Waals surface area contributed by atoms with E-state index in [4.69, 9.17) is 19.7 Å². The smallest absolute Gasteiger partial charge is 0.414 e. The molecule has 1 heterocycles. The quantitative estimate of drug-likeness (QED) is 0.199. The van der Waals surface area contributed by atoms with E-state index in [0.29, 0.717) is 19.4 Å². The van der Waals surface area contributed by atoms with Gasteiger partial charge in [-0.05, 0) is 29.9 Å². The van der Waals surface area contributed by atoms with Crippen LogP contribution in [0.1, 0.15) is 24.0 Å². The Hall–Kier alpha value is -3.96. The summed E-state index contributed by atoms with van der Waals surface area (Å²) < 4.78 is 10.4. The second-order valence-corrected chi connectivity index (χ2v) is 7.73. The average molecular weight is 501 g/mol. The molecule has 0 aliphatic carbocycles. The first kappa shape index (κ1) is 28.3. The molecule has 0 aromatic heterocycles. The Morgan fingerprint density at radius 1 is 0.917 bits per heavy atom. The molecule has 0 bridgehead atoms. The summed E-state index contributed by atoms with van der Waals surface area (Å²) in [7, 11) is 1.00. The highest BCUT2D eigenvalue weighted by Gasteiger charge is 2.35. The van der Waals surface area contributed by atoms with Crippen LogP contribution >= 0.6 is 0 Å². The third-order valence-electron chi connectivity index (χ3n) is 5.21. The largest absolute Gasteiger partial charge is 0.480 e. The number of aliphatic hydroxyl groups excluding tert-OH is 1. The normalized spacial score (nSPS) is 15.7. The summed E-state index contributed by atoms with van der Waals surface area (Å²) >= 11 is 0. The SMILES string of the molecule is CO.O=C(NC(=NCCC[C@H]1CNC1C(=O)O)NC(=O)OCc1ccccc1)OCc1ccccc1. The minimum atomic E-state index is -0.869. The molecule has 5 N–H and O–H groups in total. The Morgan fingerprint density at radius 3 is 1.83 bits per heavy atom. The first-order valence-electron chi connectivity index (χ1n) is 11.4. The van der Waals surface area contributed by atoms with E-state index < -0.39 is 24.2 Å². The molecule has 0 saturated carbocycles. The van der Waals surface area contributed by atoms with Gasteiger partial charge in [0.25, 0.3) is 0 Å². The second-order valence-electron chi connectivity index (χ2n) is 7.73. The molecule has 1 saturated heterocycles. The molecule has 1 aliphatic heterocycles. The summed E-state index contributed by atoms with van der Waals surface area (Å²) in [6, 6.07) is 17.8. The van der Waals surface area contributed by atoms with Crippen LogP contribution in [0.3, 0.4) is 0 Å². The van der Waals surface area contributed by atoms with Gasteiger partial charge in [-0.3, -0.25) is 20.4 Å². The number of carboxylic acids is 1. The lowest BCUT2D eigenvalue weighted by molar-refractivity contribution is -0.143. The summed E-state index contributed by atoms with van der Waals surface area (Å²) in [6.07, 6.45) is -0.320. The van der Waals surface area contributed by atoms with Crippen LogP contribution in [0.5, 0.6) is 0 Å². The van der Waals surface area contributed by atoms with Crippen LogP contribution in [0.2, 0.25) is 0 Å². The summed E-state index contributed by atoms with van der Waals surface area (Å²) in [5.41, 5.74) is 1.63. The number of carbonyl (C=O) groups is 3. The lowest BCUT2D eigenvalue weighted by Crippen LogP contribution is -2.57. The van der Waals surface area contributed by atoms with Crippen molar-refractivity contribution in [3.05, 3.63) is 71.8 Å². The van der Waals surface area contributed by atoms with Crippen LogP contribution in [-0.4, -0.2) is 60.6 Å². The molecule has 2 atom stereocenters. The molecule has 11 heteroatoms. The molecule has 1 unspecified atom stereocenters. The molecule has 1 aliphatic rings. The third-order valence-corrected chi connectivity index (χ3v) is 5.21. The summed E-state index contributed by atoms with van der Waals surface area (Å²) in [4.78, 5) is 39.8. The fraction of sp³-hybridized carbons (Fsp3) is 0.360. The van der Waals surface area contributed by atoms with Crippen molar-refractivity contribution in [3.63, 3.8) is 0 Å². The maximum atomic E-state index is 12.2. The van der Waals surface area contributed by atoms with Gasteiger partial charge in [-0.1, -0.05) is 60.7 Å².